The summed E-state index contributed by atoms with van der Waals surface area (Å²) in [4.78, 5) is 22.2. The van der Waals surface area contributed by atoms with Crippen LogP contribution < -0.4 is 19.6 Å². The number of ether oxygens (including phenoxy) is 3. The van der Waals surface area contributed by atoms with E-state index in [1.165, 1.54) is 37.6 Å². The van der Waals surface area contributed by atoms with E-state index in [9.17, 15) is 14.9 Å². The number of fused-ring (bicyclic) bond motifs is 1. The molecule has 0 fully saturated rings. The summed E-state index contributed by atoms with van der Waals surface area (Å²) in [6.07, 6.45) is 1.40. The van der Waals surface area contributed by atoms with E-state index < -0.39 is 10.8 Å². The van der Waals surface area contributed by atoms with Gasteiger partial charge in [0.05, 0.1) is 18.2 Å². The van der Waals surface area contributed by atoms with Gasteiger partial charge in [-0.2, -0.15) is 5.10 Å². The lowest BCUT2D eigenvalue weighted by Crippen LogP contribution is -2.17. The number of carbonyl (C=O) groups is 1. The van der Waals surface area contributed by atoms with Crippen molar-refractivity contribution >= 4 is 17.8 Å². The molecule has 9 heteroatoms. The molecule has 0 aliphatic carbocycles. The van der Waals surface area contributed by atoms with Gasteiger partial charge in [0.1, 0.15) is 0 Å². The highest BCUT2D eigenvalue weighted by Crippen LogP contribution is 2.41. The standard InChI is InChI=1S/C16H13N3O6/c1-23-13-5-10(6-14-15(13)25-9-24-14)8-17-18-16(20)11-3-2-4-12(7-11)19(21)22/h2-8H,9H2,1H3,(H,18,20)/b17-8-. The summed E-state index contributed by atoms with van der Waals surface area (Å²) in [5.41, 5.74) is 2.90. The van der Waals surface area contributed by atoms with Crippen molar-refractivity contribution in [1.29, 1.82) is 0 Å². The molecule has 0 radical (unpaired) electrons. The lowest BCUT2D eigenvalue weighted by molar-refractivity contribution is -0.384. The molecule has 128 valence electrons. The van der Waals surface area contributed by atoms with Gasteiger partial charge in [0.15, 0.2) is 11.5 Å². The fourth-order valence-corrected chi connectivity index (χ4v) is 2.22. The Morgan fingerprint density at radius 3 is 2.96 bits per heavy atom. The molecule has 2 aromatic rings. The highest BCUT2D eigenvalue weighted by Gasteiger charge is 2.19. The van der Waals surface area contributed by atoms with Crippen LogP contribution >= 0.6 is 0 Å². The number of carbonyl (C=O) groups excluding carboxylic acids is 1. The quantitative estimate of drug-likeness (QED) is 0.505. The smallest absolute Gasteiger partial charge is 0.271 e. The van der Waals surface area contributed by atoms with Crippen molar-refractivity contribution in [2.75, 3.05) is 13.9 Å². The number of nitro groups is 1. The first kappa shape index (κ1) is 16.2. The second kappa shape index (κ2) is 6.87. The lowest BCUT2D eigenvalue weighted by Gasteiger charge is -2.05. The molecular formula is C16H13N3O6. The average Bonchev–Trinajstić information content (AvgIpc) is 3.09. The Bertz CT molecular complexity index is 865. The van der Waals surface area contributed by atoms with Crippen LogP contribution in [-0.4, -0.2) is 30.9 Å². The van der Waals surface area contributed by atoms with Crippen LogP contribution in [0, 0.1) is 10.1 Å². The largest absolute Gasteiger partial charge is 0.493 e. The number of benzene rings is 2. The minimum absolute atomic E-state index is 0.107. The zero-order valence-electron chi connectivity index (χ0n) is 13.1. The SMILES string of the molecule is COc1cc(/C=N\NC(=O)c2cccc([N+](=O)[O-])c2)cc2c1OCO2. The van der Waals surface area contributed by atoms with Crippen molar-refractivity contribution in [3.05, 3.63) is 57.6 Å². The topological polar surface area (TPSA) is 112 Å². The molecule has 0 spiro atoms. The van der Waals surface area contributed by atoms with Crippen LogP contribution in [0.25, 0.3) is 0 Å². The maximum atomic E-state index is 12.0. The zero-order valence-corrected chi connectivity index (χ0v) is 13.1. The van der Waals surface area contributed by atoms with Crippen molar-refractivity contribution in [1.82, 2.24) is 5.43 Å². The monoisotopic (exact) mass is 343 g/mol. The van der Waals surface area contributed by atoms with Gasteiger partial charge in [-0.1, -0.05) is 6.07 Å². The molecule has 1 heterocycles. The minimum atomic E-state index is -0.570. The van der Waals surface area contributed by atoms with Crippen LogP contribution in [0.2, 0.25) is 0 Å². The molecule has 0 bridgehead atoms. The third-order valence-corrected chi connectivity index (χ3v) is 3.38. The molecule has 2 aromatic carbocycles. The molecule has 9 nitrogen and oxygen atoms in total. The molecule has 0 atom stereocenters. The van der Waals surface area contributed by atoms with Gasteiger partial charge in [-0.15, -0.1) is 0 Å². The molecular weight excluding hydrogens is 330 g/mol. The second-order valence-electron chi connectivity index (χ2n) is 4.96. The molecule has 0 saturated carbocycles. The van der Waals surface area contributed by atoms with Crippen molar-refractivity contribution < 1.29 is 23.9 Å². The second-order valence-corrected chi connectivity index (χ2v) is 4.96. The van der Waals surface area contributed by atoms with Gasteiger partial charge < -0.3 is 14.2 Å². The number of amides is 1. The Hall–Kier alpha value is -3.62. The number of nitro benzene ring substituents is 1. The Kier molecular flexibility index (Phi) is 4.46. The van der Waals surface area contributed by atoms with Crippen molar-refractivity contribution in [2.45, 2.75) is 0 Å². The molecule has 3 rings (SSSR count). The van der Waals surface area contributed by atoms with E-state index in [1.807, 2.05) is 0 Å². The molecule has 1 N–H and O–H groups in total. The minimum Gasteiger partial charge on any atom is -0.493 e. The highest BCUT2D eigenvalue weighted by molar-refractivity contribution is 5.95. The predicted octanol–water partition coefficient (Wildman–Crippen LogP) is 2.10. The van der Waals surface area contributed by atoms with Crippen LogP contribution in [0.1, 0.15) is 15.9 Å². The zero-order chi connectivity index (χ0) is 17.8. The number of methoxy groups -OCH3 is 1. The molecule has 1 aliphatic rings. The Labute approximate surface area is 142 Å². The van der Waals surface area contributed by atoms with Crippen LogP contribution in [0.5, 0.6) is 17.2 Å². The van der Waals surface area contributed by atoms with Crippen molar-refractivity contribution in [3.8, 4) is 17.2 Å². The van der Waals surface area contributed by atoms with Gasteiger partial charge >= 0.3 is 0 Å². The molecule has 0 aromatic heterocycles. The fourth-order valence-electron chi connectivity index (χ4n) is 2.22. The number of non-ortho nitro benzene ring substituents is 1. The lowest BCUT2D eigenvalue weighted by atomic mass is 10.2. The highest BCUT2D eigenvalue weighted by atomic mass is 16.7. The number of nitrogens with one attached hydrogen (secondary N) is 1. The average molecular weight is 343 g/mol. The van der Waals surface area contributed by atoms with E-state index in [2.05, 4.69) is 10.5 Å². The first-order chi connectivity index (χ1) is 12.1. The predicted molar refractivity (Wildman–Crippen MR) is 87.3 cm³/mol. The van der Waals surface area contributed by atoms with Crippen LogP contribution in [-0.2, 0) is 0 Å². The summed E-state index contributed by atoms with van der Waals surface area (Å²) in [7, 11) is 1.50. The van der Waals surface area contributed by atoms with E-state index in [-0.39, 0.29) is 18.0 Å². The third-order valence-electron chi connectivity index (χ3n) is 3.38. The third kappa shape index (κ3) is 3.50. The summed E-state index contributed by atoms with van der Waals surface area (Å²) >= 11 is 0. The van der Waals surface area contributed by atoms with E-state index in [0.717, 1.165) is 0 Å². The first-order valence-corrected chi connectivity index (χ1v) is 7.14. The van der Waals surface area contributed by atoms with Gasteiger partial charge in [0.25, 0.3) is 11.6 Å². The Morgan fingerprint density at radius 2 is 2.20 bits per heavy atom. The van der Waals surface area contributed by atoms with Crippen molar-refractivity contribution in [3.63, 3.8) is 0 Å². The van der Waals surface area contributed by atoms with Crippen LogP contribution in [0.15, 0.2) is 41.5 Å². The summed E-state index contributed by atoms with van der Waals surface area (Å²) in [5, 5.41) is 14.6. The Morgan fingerprint density at radius 1 is 1.36 bits per heavy atom. The van der Waals surface area contributed by atoms with Gasteiger partial charge in [-0.05, 0) is 18.2 Å². The normalized spacial score (nSPS) is 12.2. The van der Waals surface area contributed by atoms with Gasteiger partial charge in [0.2, 0.25) is 12.5 Å². The molecule has 1 aliphatic heterocycles. The number of hydrazone groups is 1. The molecule has 0 unspecified atom stereocenters. The van der Waals surface area contributed by atoms with Gasteiger partial charge in [-0.3, -0.25) is 14.9 Å². The maximum Gasteiger partial charge on any atom is 0.271 e. The molecule has 1 amide bonds. The number of hydrogen-bond donors (Lipinski definition) is 1. The summed E-state index contributed by atoms with van der Waals surface area (Å²) < 4.78 is 15.8. The first-order valence-electron chi connectivity index (χ1n) is 7.14. The van der Waals surface area contributed by atoms with E-state index in [4.69, 9.17) is 14.2 Å². The fraction of sp³-hybridized carbons (Fsp3) is 0.125. The maximum absolute atomic E-state index is 12.0. The summed E-state index contributed by atoms with van der Waals surface area (Å²) in [6, 6.07) is 8.73. The Balaban J connectivity index is 1.72. The molecule has 0 saturated heterocycles. The van der Waals surface area contributed by atoms with E-state index in [1.54, 1.807) is 12.1 Å². The van der Waals surface area contributed by atoms with Gasteiger partial charge in [-0.25, -0.2) is 5.43 Å². The van der Waals surface area contributed by atoms with E-state index >= 15 is 0 Å². The summed E-state index contributed by atoms with van der Waals surface area (Å²) in [6.45, 7) is 0.107. The number of hydrogen-bond acceptors (Lipinski definition) is 7. The number of nitrogens with zero attached hydrogens (tertiary/aromatic N) is 2. The van der Waals surface area contributed by atoms with Crippen LogP contribution in [0.3, 0.4) is 0 Å². The number of rotatable bonds is 5. The van der Waals surface area contributed by atoms with Gasteiger partial charge in [0, 0.05) is 23.3 Å². The molecule has 25 heavy (non-hydrogen) atoms. The summed E-state index contributed by atoms with van der Waals surface area (Å²) in [5.74, 6) is 0.959. The van der Waals surface area contributed by atoms with Crippen LogP contribution in [0.4, 0.5) is 5.69 Å². The van der Waals surface area contributed by atoms with E-state index in [0.29, 0.717) is 22.8 Å². The van der Waals surface area contributed by atoms with Crippen molar-refractivity contribution in [2.24, 2.45) is 5.10 Å².